The second kappa shape index (κ2) is 12.1. The highest BCUT2D eigenvalue weighted by molar-refractivity contribution is 7.16. The number of hydrogen-bond donors (Lipinski definition) is 3. The molecule has 0 saturated carbocycles. The van der Waals surface area contributed by atoms with Gasteiger partial charge in [-0.15, -0.1) is 9.24 Å². The normalized spacial score (nSPS) is 10.5. The van der Waals surface area contributed by atoms with Crippen LogP contribution in [0.3, 0.4) is 0 Å². The molecule has 0 aromatic heterocycles. The van der Waals surface area contributed by atoms with E-state index < -0.39 is 35.0 Å². The molecule has 0 spiro atoms. The van der Waals surface area contributed by atoms with Crippen LogP contribution in [0.15, 0.2) is 18.2 Å². The Morgan fingerprint density at radius 3 is 2.03 bits per heavy atom. The van der Waals surface area contributed by atoms with Crippen molar-refractivity contribution in [3.63, 3.8) is 0 Å². The van der Waals surface area contributed by atoms with Crippen molar-refractivity contribution < 1.29 is 39.2 Å². The van der Waals surface area contributed by atoms with Gasteiger partial charge in [0.05, 0.1) is 23.3 Å². The number of rotatable bonds is 13. The number of carboxylic acid groups (broad SMARTS) is 3. The Bertz CT molecular complexity index is 844. The van der Waals surface area contributed by atoms with Gasteiger partial charge < -0.3 is 20.1 Å². The molecule has 9 heteroatoms. The molecule has 0 heterocycles. The van der Waals surface area contributed by atoms with Gasteiger partial charge >= 0.3 is 23.9 Å². The number of aryl methyl sites for hydroxylation is 1. The van der Waals surface area contributed by atoms with Crippen molar-refractivity contribution in [3.05, 3.63) is 46.0 Å². The number of aromatic carboxylic acids is 3. The second-order valence-electron chi connectivity index (χ2n) is 6.85. The van der Waals surface area contributed by atoms with Gasteiger partial charge in [0.2, 0.25) is 0 Å². The zero-order valence-electron chi connectivity index (χ0n) is 16.9. The number of benzene rings is 1. The molecule has 0 aliphatic carbocycles. The zero-order valence-corrected chi connectivity index (χ0v) is 18.1. The van der Waals surface area contributed by atoms with Crippen LogP contribution in [0.1, 0.15) is 74.8 Å². The van der Waals surface area contributed by atoms with Crippen LogP contribution in [0.25, 0.3) is 0 Å². The molecule has 1 unspecified atom stereocenters. The van der Waals surface area contributed by atoms with Gasteiger partial charge in [0.25, 0.3) is 0 Å². The Hall–Kier alpha value is -2.73. The van der Waals surface area contributed by atoms with Gasteiger partial charge in [0.1, 0.15) is 0 Å². The molecular formula is C21H27O8P. The lowest BCUT2D eigenvalue weighted by Crippen LogP contribution is -2.19. The Morgan fingerprint density at radius 2 is 1.53 bits per heavy atom. The SMILES string of the molecule is C=C(C)C(=O)OCCCCCCc1cc(C(=O)O)c(C(=O)O)c(CCP)c1C(=O)O. The Labute approximate surface area is 177 Å². The third-order valence-corrected chi connectivity index (χ3v) is 4.78. The van der Waals surface area contributed by atoms with Gasteiger partial charge in [-0.1, -0.05) is 19.4 Å². The fourth-order valence-electron chi connectivity index (χ4n) is 3.13. The van der Waals surface area contributed by atoms with Crippen LogP contribution < -0.4 is 0 Å². The molecule has 0 bridgehead atoms. The Morgan fingerprint density at radius 1 is 0.933 bits per heavy atom. The molecule has 1 aromatic carbocycles. The van der Waals surface area contributed by atoms with Crippen molar-refractivity contribution in [1.82, 2.24) is 0 Å². The molecule has 1 aromatic rings. The maximum Gasteiger partial charge on any atom is 0.336 e. The number of unbranched alkanes of at least 4 members (excludes halogenated alkanes) is 3. The van der Waals surface area contributed by atoms with Gasteiger partial charge in [-0.25, -0.2) is 19.2 Å². The molecule has 164 valence electrons. The predicted molar refractivity (Wildman–Crippen MR) is 114 cm³/mol. The molecule has 3 N–H and O–H groups in total. The van der Waals surface area contributed by atoms with E-state index >= 15 is 0 Å². The average Bonchev–Trinajstić information content (AvgIpc) is 2.65. The lowest BCUT2D eigenvalue weighted by molar-refractivity contribution is -0.139. The fraction of sp³-hybridized carbons (Fsp3) is 0.429. The van der Waals surface area contributed by atoms with E-state index in [4.69, 9.17) is 4.74 Å². The highest BCUT2D eigenvalue weighted by Crippen LogP contribution is 2.27. The van der Waals surface area contributed by atoms with E-state index in [1.807, 2.05) is 0 Å². The van der Waals surface area contributed by atoms with E-state index in [0.717, 1.165) is 12.5 Å². The summed E-state index contributed by atoms with van der Waals surface area (Å²) in [6.07, 6.45) is 3.50. The van der Waals surface area contributed by atoms with Crippen LogP contribution in [0.2, 0.25) is 0 Å². The number of carboxylic acids is 3. The van der Waals surface area contributed by atoms with E-state index in [1.54, 1.807) is 6.92 Å². The molecular weight excluding hydrogens is 411 g/mol. The quantitative estimate of drug-likeness (QED) is 0.184. The molecule has 8 nitrogen and oxygen atoms in total. The van der Waals surface area contributed by atoms with E-state index in [1.165, 1.54) is 0 Å². The van der Waals surface area contributed by atoms with E-state index in [2.05, 4.69) is 15.8 Å². The number of ether oxygens (including phenoxy) is 1. The van der Waals surface area contributed by atoms with Gasteiger partial charge in [0.15, 0.2) is 0 Å². The number of carbonyl (C=O) groups excluding carboxylic acids is 1. The van der Waals surface area contributed by atoms with Crippen LogP contribution in [0.4, 0.5) is 0 Å². The monoisotopic (exact) mass is 438 g/mol. The van der Waals surface area contributed by atoms with Crippen LogP contribution in [-0.2, 0) is 22.4 Å². The summed E-state index contributed by atoms with van der Waals surface area (Å²) in [5.41, 5.74) is -0.321. The third-order valence-electron chi connectivity index (χ3n) is 4.49. The largest absolute Gasteiger partial charge is 0.478 e. The third kappa shape index (κ3) is 6.95. The lowest BCUT2D eigenvalue weighted by atomic mass is 9.87. The zero-order chi connectivity index (χ0) is 22.8. The Balaban J connectivity index is 2.97. The highest BCUT2D eigenvalue weighted by atomic mass is 31.0. The first-order valence-corrected chi connectivity index (χ1v) is 10.3. The van der Waals surface area contributed by atoms with Crippen molar-refractivity contribution in [1.29, 1.82) is 0 Å². The first-order valence-electron chi connectivity index (χ1n) is 9.53. The standard InChI is InChI=1S/C21H27O8P/c1-12(2)21(28)29-9-6-4-3-5-7-13-11-15(18(22)23)17(20(26)27)14(8-10-30)16(13)19(24)25/h11H,1,3-10,30H2,2H3,(H,22,23)(H,24,25)(H,26,27). The van der Waals surface area contributed by atoms with Crippen molar-refractivity contribution >= 4 is 33.1 Å². The summed E-state index contributed by atoms with van der Waals surface area (Å²) in [6, 6.07) is 1.16. The van der Waals surface area contributed by atoms with E-state index in [0.29, 0.717) is 43.0 Å². The molecule has 0 saturated heterocycles. The highest BCUT2D eigenvalue weighted by Gasteiger charge is 2.28. The second-order valence-corrected chi connectivity index (χ2v) is 7.42. The lowest BCUT2D eigenvalue weighted by Gasteiger charge is -2.17. The summed E-state index contributed by atoms with van der Waals surface area (Å²) in [6.45, 7) is 5.32. The predicted octanol–water partition coefficient (Wildman–Crippen LogP) is 3.42. The maximum absolute atomic E-state index is 11.9. The maximum atomic E-state index is 11.9. The smallest absolute Gasteiger partial charge is 0.336 e. The number of esters is 1. The summed E-state index contributed by atoms with van der Waals surface area (Å²) in [5.74, 6) is -4.58. The molecule has 1 rings (SSSR count). The van der Waals surface area contributed by atoms with Crippen molar-refractivity contribution in [2.75, 3.05) is 12.8 Å². The number of carbonyl (C=O) groups is 4. The minimum absolute atomic E-state index is 0.0339. The summed E-state index contributed by atoms with van der Waals surface area (Å²) >= 11 is 0. The van der Waals surface area contributed by atoms with Crippen molar-refractivity contribution in [3.8, 4) is 0 Å². The summed E-state index contributed by atoms with van der Waals surface area (Å²) in [4.78, 5) is 46.4. The molecule has 0 radical (unpaired) electrons. The molecule has 0 aliphatic heterocycles. The molecule has 0 aliphatic rings. The van der Waals surface area contributed by atoms with Crippen LogP contribution in [0, 0.1) is 0 Å². The summed E-state index contributed by atoms with van der Waals surface area (Å²) in [5, 5.41) is 28.6. The summed E-state index contributed by atoms with van der Waals surface area (Å²) < 4.78 is 5.00. The molecule has 30 heavy (non-hydrogen) atoms. The van der Waals surface area contributed by atoms with E-state index in [-0.39, 0.29) is 24.2 Å². The van der Waals surface area contributed by atoms with Gasteiger partial charge in [-0.3, -0.25) is 0 Å². The molecule has 0 amide bonds. The van der Waals surface area contributed by atoms with Gasteiger partial charge in [0, 0.05) is 5.57 Å². The topological polar surface area (TPSA) is 138 Å². The van der Waals surface area contributed by atoms with E-state index in [9.17, 15) is 34.5 Å². The first-order chi connectivity index (χ1) is 14.1. The summed E-state index contributed by atoms with van der Waals surface area (Å²) in [7, 11) is 2.39. The number of hydrogen-bond acceptors (Lipinski definition) is 5. The molecule has 0 fully saturated rings. The minimum Gasteiger partial charge on any atom is -0.478 e. The van der Waals surface area contributed by atoms with Crippen LogP contribution >= 0.6 is 9.24 Å². The average molecular weight is 438 g/mol. The van der Waals surface area contributed by atoms with Crippen molar-refractivity contribution in [2.24, 2.45) is 0 Å². The Kier molecular flexibility index (Phi) is 10.2. The van der Waals surface area contributed by atoms with Crippen LogP contribution in [-0.4, -0.2) is 52.0 Å². The fourth-order valence-corrected chi connectivity index (χ4v) is 3.42. The minimum atomic E-state index is -1.46. The first kappa shape index (κ1) is 25.3. The van der Waals surface area contributed by atoms with Crippen LogP contribution in [0.5, 0.6) is 0 Å². The van der Waals surface area contributed by atoms with Crippen molar-refractivity contribution in [2.45, 2.75) is 45.4 Å². The van der Waals surface area contributed by atoms with Gasteiger partial charge in [-0.05, 0) is 56.0 Å². The van der Waals surface area contributed by atoms with Gasteiger partial charge in [-0.2, -0.15) is 0 Å². The molecule has 1 atom stereocenters.